The Kier molecular flexibility index (Phi) is 4.29. The lowest BCUT2D eigenvalue weighted by atomic mass is 10.1. The van der Waals surface area contributed by atoms with E-state index in [1.807, 2.05) is 6.07 Å². The minimum absolute atomic E-state index is 0.0653. The molecule has 0 spiro atoms. The van der Waals surface area contributed by atoms with E-state index in [4.69, 9.17) is 16.9 Å². The highest BCUT2D eigenvalue weighted by Gasteiger charge is 2.09. The molecule has 1 aromatic heterocycles. The molecule has 19 heavy (non-hydrogen) atoms. The van der Waals surface area contributed by atoms with E-state index in [0.717, 1.165) is 0 Å². The normalized spacial score (nSPS) is 10.8. The smallest absolute Gasteiger partial charge is 0.266 e. The van der Waals surface area contributed by atoms with Crippen molar-refractivity contribution in [2.45, 2.75) is 0 Å². The topological polar surface area (TPSA) is 65.2 Å². The molecule has 0 radical (unpaired) electrons. The van der Waals surface area contributed by atoms with Gasteiger partial charge in [-0.2, -0.15) is 10.4 Å². The van der Waals surface area contributed by atoms with Crippen molar-refractivity contribution >= 4 is 34.6 Å². The Labute approximate surface area is 118 Å². The number of rotatable bonds is 3. The van der Waals surface area contributed by atoms with Crippen LogP contribution in [0.1, 0.15) is 15.2 Å². The first-order valence-electron chi connectivity index (χ1n) is 5.29. The maximum Gasteiger partial charge on any atom is 0.281 e. The van der Waals surface area contributed by atoms with Crippen molar-refractivity contribution < 1.29 is 4.79 Å². The van der Waals surface area contributed by atoms with Crippen LogP contribution in [-0.2, 0) is 0 Å². The summed E-state index contributed by atoms with van der Waals surface area (Å²) in [5.41, 5.74) is 2.89. The molecule has 1 heterocycles. The molecule has 1 amide bonds. The molecule has 2 aromatic rings. The molecule has 0 saturated heterocycles. The lowest BCUT2D eigenvalue weighted by molar-refractivity contribution is 0.0959. The molecule has 1 aromatic carbocycles. The maximum atomic E-state index is 11.7. The predicted molar refractivity (Wildman–Crippen MR) is 75.4 cm³/mol. The van der Waals surface area contributed by atoms with Gasteiger partial charge in [-0.3, -0.25) is 4.79 Å². The van der Waals surface area contributed by atoms with E-state index in [1.165, 1.54) is 11.3 Å². The minimum Gasteiger partial charge on any atom is -0.266 e. The van der Waals surface area contributed by atoms with E-state index in [-0.39, 0.29) is 11.6 Å². The molecule has 0 atom stereocenters. The van der Waals surface area contributed by atoms with Crippen molar-refractivity contribution in [1.29, 1.82) is 5.26 Å². The molecule has 2 rings (SSSR count). The minimum atomic E-state index is -0.352. The third-order valence-electron chi connectivity index (χ3n) is 2.25. The predicted octanol–water partition coefficient (Wildman–Crippen LogP) is 3.06. The molecule has 0 unspecified atom stereocenters. The Balaban J connectivity index is 2.20. The van der Waals surface area contributed by atoms with E-state index >= 15 is 0 Å². The molecular formula is C13H8ClN3OS. The second-order valence-corrected chi connectivity index (χ2v) is 4.83. The van der Waals surface area contributed by atoms with Gasteiger partial charge >= 0.3 is 0 Å². The van der Waals surface area contributed by atoms with E-state index in [1.54, 1.807) is 41.8 Å². The molecule has 0 aliphatic carbocycles. The fourth-order valence-electron chi connectivity index (χ4n) is 1.37. The van der Waals surface area contributed by atoms with Crippen molar-refractivity contribution in [3.8, 4) is 6.07 Å². The molecule has 0 fully saturated rings. The summed E-state index contributed by atoms with van der Waals surface area (Å²) in [6.07, 6.45) is 0. The number of amides is 1. The number of hydrazone groups is 1. The van der Waals surface area contributed by atoms with Crippen LogP contribution in [0.2, 0.25) is 5.02 Å². The molecule has 1 N–H and O–H groups in total. The molecule has 0 saturated carbocycles. The van der Waals surface area contributed by atoms with E-state index in [9.17, 15) is 4.79 Å². The van der Waals surface area contributed by atoms with Crippen molar-refractivity contribution in [3.05, 3.63) is 57.2 Å². The summed E-state index contributed by atoms with van der Waals surface area (Å²) in [7, 11) is 0. The molecule has 0 aliphatic rings. The zero-order chi connectivity index (χ0) is 13.7. The number of nitrogens with zero attached hydrogens (tertiary/aromatic N) is 2. The number of nitrogens with one attached hydrogen (secondary N) is 1. The van der Waals surface area contributed by atoms with Gasteiger partial charge in [0.25, 0.3) is 5.91 Å². The van der Waals surface area contributed by atoms with Crippen molar-refractivity contribution in [2.24, 2.45) is 5.10 Å². The molecule has 4 nitrogen and oxygen atoms in total. The summed E-state index contributed by atoms with van der Waals surface area (Å²) in [5, 5.41) is 15.1. The largest absolute Gasteiger partial charge is 0.281 e. The first kappa shape index (κ1) is 13.3. The lowest BCUT2D eigenvalue weighted by Crippen LogP contribution is -2.18. The van der Waals surface area contributed by atoms with Gasteiger partial charge in [-0.15, -0.1) is 11.3 Å². The van der Waals surface area contributed by atoms with Crippen LogP contribution in [0.4, 0.5) is 0 Å². The number of carbonyl (C=O) groups is 1. The third kappa shape index (κ3) is 3.19. The summed E-state index contributed by atoms with van der Waals surface area (Å²) in [5.74, 6) is -0.352. The Morgan fingerprint density at radius 1 is 1.32 bits per heavy atom. The number of hydrogen-bond donors (Lipinski definition) is 1. The highest BCUT2D eigenvalue weighted by molar-refractivity contribution is 7.12. The molecule has 94 valence electrons. The standard InChI is InChI=1S/C13H8ClN3OS/c14-10-5-2-1-4-9(10)11(8-15)16-17-13(18)12-6-3-7-19-12/h1-7H,(H,17,18)/b16-11+. The molecule has 0 aliphatic heterocycles. The highest BCUT2D eigenvalue weighted by atomic mass is 35.5. The van der Waals surface area contributed by atoms with E-state index < -0.39 is 0 Å². The Hall–Kier alpha value is -2.16. The van der Waals surface area contributed by atoms with E-state index in [0.29, 0.717) is 15.5 Å². The van der Waals surface area contributed by atoms with Gasteiger partial charge in [-0.05, 0) is 17.5 Å². The maximum absolute atomic E-state index is 11.7. The van der Waals surface area contributed by atoms with Gasteiger partial charge in [0.2, 0.25) is 0 Å². The van der Waals surface area contributed by atoms with Crippen LogP contribution in [0.5, 0.6) is 0 Å². The van der Waals surface area contributed by atoms with Gasteiger partial charge in [0.15, 0.2) is 5.71 Å². The van der Waals surface area contributed by atoms with Crippen LogP contribution in [0.3, 0.4) is 0 Å². The molecule has 0 bridgehead atoms. The summed E-state index contributed by atoms with van der Waals surface area (Å²) in [6, 6.07) is 12.2. The number of benzene rings is 1. The summed E-state index contributed by atoms with van der Waals surface area (Å²) >= 11 is 7.27. The Morgan fingerprint density at radius 3 is 2.74 bits per heavy atom. The van der Waals surface area contributed by atoms with Crippen molar-refractivity contribution in [3.63, 3.8) is 0 Å². The second-order valence-electron chi connectivity index (χ2n) is 3.47. The zero-order valence-electron chi connectivity index (χ0n) is 9.63. The lowest BCUT2D eigenvalue weighted by Gasteiger charge is -2.01. The van der Waals surface area contributed by atoms with Crippen LogP contribution in [-0.4, -0.2) is 11.6 Å². The van der Waals surface area contributed by atoms with Crippen LogP contribution < -0.4 is 5.43 Å². The quantitative estimate of drug-likeness (QED) is 0.697. The molecule has 6 heteroatoms. The molecular weight excluding hydrogens is 282 g/mol. The first-order chi connectivity index (χ1) is 9.22. The van der Waals surface area contributed by atoms with Crippen molar-refractivity contribution in [1.82, 2.24) is 5.43 Å². The SMILES string of the molecule is N#C/C(=N\NC(=O)c1cccs1)c1ccccc1Cl. The second kappa shape index (κ2) is 6.14. The van der Waals surface area contributed by atoms with E-state index in [2.05, 4.69) is 10.5 Å². The van der Waals surface area contributed by atoms with Crippen LogP contribution in [0.15, 0.2) is 46.9 Å². The van der Waals surface area contributed by atoms with Gasteiger partial charge < -0.3 is 0 Å². The fourth-order valence-corrected chi connectivity index (χ4v) is 2.21. The van der Waals surface area contributed by atoms with Gasteiger partial charge in [0.05, 0.1) is 9.90 Å². The van der Waals surface area contributed by atoms with Crippen LogP contribution >= 0.6 is 22.9 Å². The first-order valence-corrected chi connectivity index (χ1v) is 6.54. The number of nitriles is 1. The van der Waals surface area contributed by atoms with Crippen LogP contribution in [0, 0.1) is 11.3 Å². The van der Waals surface area contributed by atoms with Gasteiger partial charge in [-0.25, -0.2) is 5.43 Å². The average Bonchev–Trinajstić information content (AvgIpc) is 2.95. The highest BCUT2D eigenvalue weighted by Crippen LogP contribution is 2.15. The number of carbonyl (C=O) groups excluding carboxylic acids is 1. The van der Waals surface area contributed by atoms with Gasteiger partial charge in [0.1, 0.15) is 6.07 Å². The Bertz CT molecular complexity index is 659. The van der Waals surface area contributed by atoms with Crippen molar-refractivity contribution in [2.75, 3.05) is 0 Å². The number of hydrogen-bond acceptors (Lipinski definition) is 4. The Morgan fingerprint density at radius 2 is 2.11 bits per heavy atom. The number of halogens is 1. The fraction of sp³-hybridized carbons (Fsp3) is 0. The third-order valence-corrected chi connectivity index (χ3v) is 3.45. The zero-order valence-corrected chi connectivity index (χ0v) is 11.2. The average molecular weight is 290 g/mol. The monoisotopic (exact) mass is 289 g/mol. The van der Waals surface area contributed by atoms with Crippen LogP contribution in [0.25, 0.3) is 0 Å². The van der Waals surface area contributed by atoms with Gasteiger partial charge in [-0.1, -0.05) is 35.9 Å². The number of thiophene rings is 1. The summed E-state index contributed by atoms with van der Waals surface area (Å²) < 4.78 is 0. The van der Waals surface area contributed by atoms with Gasteiger partial charge in [0, 0.05) is 5.56 Å². The summed E-state index contributed by atoms with van der Waals surface area (Å²) in [4.78, 5) is 12.2. The summed E-state index contributed by atoms with van der Waals surface area (Å²) in [6.45, 7) is 0.